The molecule has 0 saturated carbocycles. The molecule has 2 amide bonds. The van der Waals surface area contributed by atoms with Crippen molar-refractivity contribution in [1.29, 1.82) is 0 Å². The van der Waals surface area contributed by atoms with Gasteiger partial charge in [0, 0.05) is 11.8 Å². The molecule has 0 radical (unpaired) electrons. The molecule has 0 fully saturated rings. The number of hydrogen-bond donors (Lipinski definition) is 1. The highest BCUT2D eigenvalue weighted by Gasteiger charge is 2.40. The maximum Gasteiger partial charge on any atom is 0.267 e. The zero-order valence-corrected chi connectivity index (χ0v) is 15.9. The number of nitrogens with zero attached hydrogens (tertiary/aromatic N) is 3. The van der Waals surface area contributed by atoms with Gasteiger partial charge >= 0.3 is 0 Å². The molecule has 0 unspecified atom stereocenters. The number of pyridine rings is 1. The topological polar surface area (TPSA) is 79.0 Å². The molecule has 0 aliphatic carbocycles. The van der Waals surface area contributed by atoms with E-state index in [2.05, 4.69) is 15.2 Å². The van der Waals surface area contributed by atoms with Crippen molar-refractivity contribution in [1.82, 2.24) is 15.2 Å². The number of nitrogens with one attached hydrogen (secondary N) is 1. The van der Waals surface area contributed by atoms with Gasteiger partial charge in [-0.05, 0) is 42.5 Å². The van der Waals surface area contributed by atoms with Gasteiger partial charge in [0.2, 0.25) is 0 Å². The highest BCUT2D eigenvalue weighted by Crippen LogP contribution is 2.37. The summed E-state index contributed by atoms with van der Waals surface area (Å²) in [4.78, 5) is 31.4. The molecule has 4 aromatic rings. The first kappa shape index (κ1) is 17.8. The number of amides is 2. The van der Waals surface area contributed by atoms with E-state index in [-0.39, 0.29) is 21.8 Å². The number of benzene rings is 2. The molecule has 6 nitrogen and oxygen atoms in total. The van der Waals surface area contributed by atoms with Crippen LogP contribution in [0.2, 0.25) is 10.0 Å². The molecule has 0 saturated heterocycles. The summed E-state index contributed by atoms with van der Waals surface area (Å²) in [7, 11) is 0. The zero-order valence-electron chi connectivity index (χ0n) is 14.4. The summed E-state index contributed by atoms with van der Waals surface area (Å²) < 4.78 is 13.3. The third-order valence-corrected chi connectivity index (χ3v) is 5.47. The van der Waals surface area contributed by atoms with Crippen molar-refractivity contribution in [2.75, 3.05) is 4.90 Å². The lowest BCUT2D eigenvalue weighted by molar-refractivity contribution is 0.0926. The molecule has 1 aliphatic rings. The third kappa shape index (κ3) is 2.62. The lowest BCUT2D eigenvalue weighted by atomic mass is 10.0. The molecule has 0 atom stereocenters. The van der Waals surface area contributed by atoms with Crippen LogP contribution in [0, 0.1) is 5.82 Å². The highest BCUT2D eigenvalue weighted by molar-refractivity contribution is 6.43. The molecule has 0 bridgehead atoms. The predicted octanol–water partition coefficient (Wildman–Crippen LogP) is 4.87. The Kier molecular flexibility index (Phi) is 3.90. The highest BCUT2D eigenvalue weighted by atomic mass is 35.5. The summed E-state index contributed by atoms with van der Waals surface area (Å²) in [6, 6.07) is 10.2. The summed E-state index contributed by atoms with van der Waals surface area (Å²) in [6.45, 7) is 0. The molecule has 29 heavy (non-hydrogen) atoms. The largest absolute Gasteiger partial charge is 0.275 e. The third-order valence-electron chi connectivity index (χ3n) is 4.73. The normalized spacial score (nSPS) is 13.4. The van der Waals surface area contributed by atoms with Gasteiger partial charge < -0.3 is 0 Å². The minimum atomic E-state index is -0.527. The quantitative estimate of drug-likeness (QED) is 0.463. The fraction of sp³-hybridized carbons (Fsp3) is 0. The number of rotatable bonds is 2. The van der Waals surface area contributed by atoms with Crippen LogP contribution in [0.25, 0.3) is 22.3 Å². The van der Waals surface area contributed by atoms with Crippen molar-refractivity contribution >= 4 is 51.7 Å². The van der Waals surface area contributed by atoms with E-state index in [0.29, 0.717) is 27.4 Å². The molecular weight excluding hydrogens is 418 g/mol. The molecule has 3 heterocycles. The zero-order chi connectivity index (χ0) is 20.3. The Morgan fingerprint density at radius 1 is 0.966 bits per heavy atom. The Labute approximate surface area is 172 Å². The van der Waals surface area contributed by atoms with Crippen LogP contribution in [0.1, 0.15) is 20.7 Å². The Hall–Kier alpha value is -3.29. The lowest BCUT2D eigenvalue weighted by Crippen LogP contribution is -2.29. The van der Waals surface area contributed by atoms with Gasteiger partial charge in [-0.25, -0.2) is 14.3 Å². The SMILES string of the molecule is O=C1c2cnc3n[nH]c(-c4ccc(F)cc4)c3c2C(=O)N1c1ccc(Cl)c(Cl)c1. The standard InChI is InChI=1S/C20H9Cl2FN4O2/c21-13-6-5-11(7-14(13)22)27-19(28)12-8-24-18-16(15(12)20(27)29)17(25-26-18)9-1-3-10(23)4-2-9/h1-8H,(H,24,25,26). The van der Waals surface area contributed by atoms with Crippen molar-refractivity contribution in [3.63, 3.8) is 0 Å². The van der Waals surface area contributed by atoms with Crippen LogP contribution >= 0.6 is 23.2 Å². The van der Waals surface area contributed by atoms with Crippen molar-refractivity contribution in [3.05, 3.63) is 75.7 Å². The fourth-order valence-electron chi connectivity index (χ4n) is 3.38. The van der Waals surface area contributed by atoms with Crippen LogP contribution in [0.5, 0.6) is 0 Å². The minimum Gasteiger partial charge on any atom is -0.275 e. The Morgan fingerprint density at radius 3 is 2.45 bits per heavy atom. The lowest BCUT2D eigenvalue weighted by Gasteiger charge is -2.14. The van der Waals surface area contributed by atoms with Gasteiger partial charge in [-0.1, -0.05) is 23.2 Å². The van der Waals surface area contributed by atoms with Crippen LogP contribution in [0.4, 0.5) is 10.1 Å². The first-order valence-corrected chi connectivity index (χ1v) is 9.18. The van der Waals surface area contributed by atoms with E-state index in [1.165, 1.54) is 36.5 Å². The molecule has 142 valence electrons. The van der Waals surface area contributed by atoms with Crippen molar-refractivity contribution in [3.8, 4) is 11.3 Å². The second kappa shape index (κ2) is 6.37. The maximum atomic E-state index is 13.3. The summed E-state index contributed by atoms with van der Waals surface area (Å²) >= 11 is 12.0. The average Bonchev–Trinajstić information content (AvgIpc) is 3.24. The number of imide groups is 1. The van der Waals surface area contributed by atoms with E-state index in [0.717, 1.165) is 4.90 Å². The van der Waals surface area contributed by atoms with Gasteiger partial charge in [0.05, 0.1) is 37.9 Å². The Morgan fingerprint density at radius 2 is 1.72 bits per heavy atom. The molecule has 5 rings (SSSR count). The summed E-state index contributed by atoms with van der Waals surface area (Å²) in [5.41, 5.74) is 1.99. The molecule has 9 heteroatoms. The van der Waals surface area contributed by atoms with Crippen LogP contribution in [-0.4, -0.2) is 27.0 Å². The predicted molar refractivity (Wildman–Crippen MR) is 107 cm³/mol. The summed E-state index contributed by atoms with van der Waals surface area (Å²) in [6.07, 6.45) is 1.32. The minimum absolute atomic E-state index is 0.151. The van der Waals surface area contributed by atoms with Gasteiger partial charge in [0.25, 0.3) is 11.8 Å². The van der Waals surface area contributed by atoms with Gasteiger partial charge in [-0.2, -0.15) is 5.10 Å². The van der Waals surface area contributed by atoms with Crippen molar-refractivity contribution in [2.24, 2.45) is 0 Å². The maximum absolute atomic E-state index is 13.3. The second-order valence-electron chi connectivity index (χ2n) is 6.40. The first-order valence-electron chi connectivity index (χ1n) is 8.42. The molecule has 1 N–H and O–H groups in total. The molecular formula is C20H9Cl2FN4O2. The number of carbonyl (C=O) groups is 2. The fourth-order valence-corrected chi connectivity index (χ4v) is 3.67. The second-order valence-corrected chi connectivity index (χ2v) is 7.21. The monoisotopic (exact) mass is 426 g/mol. The number of fused-ring (bicyclic) bond motifs is 3. The van der Waals surface area contributed by atoms with E-state index >= 15 is 0 Å². The van der Waals surface area contributed by atoms with E-state index in [1.54, 1.807) is 12.1 Å². The van der Waals surface area contributed by atoms with E-state index in [1.807, 2.05) is 0 Å². The smallest absolute Gasteiger partial charge is 0.267 e. The van der Waals surface area contributed by atoms with Gasteiger partial charge in [-0.3, -0.25) is 14.7 Å². The van der Waals surface area contributed by atoms with Gasteiger partial charge in [0.15, 0.2) is 5.65 Å². The molecule has 2 aromatic carbocycles. The van der Waals surface area contributed by atoms with Gasteiger partial charge in [0.1, 0.15) is 5.82 Å². The van der Waals surface area contributed by atoms with E-state index < -0.39 is 17.6 Å². The number of aromatic nitrogens is 3. The number of anilines is 1. The molecule has 1 aliphatic heterocycles. The van der Waals surface area contributed by atoms with Crippen molar-refractivity contribution < 1.29 is 14.0 Å². The van der Waals surface area contributed by atoms with E-state index in [4.69, 9.17) is 23.2 Å². The molecule has 2 aromatic heterocycles. The number of aromatic amines is 1. The van der Waals surface area contributed by atoms with Crippen LogP contribution < -0.4 is 4.90 Å². The van der Waals surface area contributed by atoms with Crippen LogP contribution in [-0.2, 0) is 0 Å². The number of halogens is 3. The first-order chi connectivity index (χ1) is 14.0. The van der Waals surface area contributed by atoms with Gasteiger partial charge in [-0.15, -0.1) is 0 Å². The summed E-state index contributed by atoms with van der Waals surface area (Å²) in [5.74, 6) is -1.44. The summed E-state index contributed by atoms with van der Waals surface area (Å²) in [5, 5.41) is 7.89. The Bertz CT molecular complexity index is 1330. The van der Waals surface area contributed by atoms with E-state index in [9.17, 15) is 14.0 Å². The number of carbonyl (C=O) groups excluding carboxylic acids is 2. The molecule has 0 spiro atoms. The van der Waals surface area contributed by atoms with Crippen LogP contribution in [0.3, 0.4) is 0 Å². The average molecular weight is 427 g/mol. The Balaban J connectivity index is 1.71. The van der Waals surface area contributed by atoms with Crippen LogP contribution in [0.15, 0.2) is 48.7 Å². The number of H-pyrrole nitrogens is 1. The van der Waals surface area contributed by atoms with Crippen molar-refractivity contribution in [2.45, 2.75) is 0 Å². The number of hydrogen-bond acceptors (Lipinski definition) is 4.